The summed E-state index contributed by atoms with van der Waals surface area (Å²) in [4.78, 5) is 19.3. The predicted octanol–water partition coefficient (Wildman–Crippen LogP) is 8.08. The molecular formula is C32H46Cl2N4O4. The molecular weight excluding hydrogens is 575 g/mol. The van der Waals surface area contributed by atoms with Gasteiger partial charge in [-0.05, 0) is 93.6 Å². The third-order valence-electron chi connectivity index (χ3n) is 7.06. The first-order valence-corrected chi connectivity index (χ1v) is 14.5. The first-order valence-electron chi connectivity index (χ1n) is 14.5. The smallest absolute Gasteiger partial charge is 0.319 e. The molecule has 0 bridgehead atoms. The van der Waals surface area contributed by atoms with Gasteiger partial charge < -0.3 is 29.7 Å². The van der Waals surface area contributed by atoms with Crippen molar-refractivity contribution in [1.82, 2.24) is 15.2 Å². The first kappa shape index (κ1) is 35.3. The number of methoxy groups -OCH3 is 1. The second kappa shape index (κ2) is 17.2. The van der Waals surface area contributed by atoms with Crippen LogP contribution in [0.25, 0.3) is 10.9 Å². The monoisotopic (exact) mass is 620 g/mol. The number of nitrogens with zero attached hydrogens (tertiary/aromatic N) is 2. The zero-order valence-electron chi connectivity index (χ0n) is 25.2. The largest absolute Gasteiger partial charge is 0.493 e. The van der Waals surface area contributed by atoms with Crippen molar-refractivity contribution in [3.05, 3.63) is 48.7 Å². The minimum atomic E-state index is -0.217. The van der Waals surface area contributed by atoms with Gasteiger partial charge in [0.2, 0.25) is 0 Å². The SMILES string of the molecule is COc1cc2c(Oc3ccc(NC(=O)NCCC(C)(C)C)cc3)ccnc2cc1OCCCCN1CCCCC1.Cl.Cl. The topological polar surface area (TPSA) is 85.0 Å². The number of nitrogens with one attached hydrogen (secondary N) is 2. The quantitative estimate of drug-likeness (QED) is 0.199. The number of amides is 2. The Hall–Kier alpha value is -2.94. The molecule has 4 rings (SSSR count). The fraction of sp³-hybridized carbons (Fsp3) is 0.500. The summed E-state index contributed by atoms with van der Waals surface area (Å²) in [6.45, 7) is 11.3. The van der Waals surface area contributed by atoms with E-state index in [9.17, 15) is 4.79 Å². The third kappa shape index (κ3) is 11.0. The van der Waals surface area contributed by atoms with Crippen molar-refractivity contribution in [3.63, 3.8) is 0 Å². The van der Waals surface area contributed by atoms with Gasteiger partial charge in [-0.15, -0.1) is 24.8 Å². The van der Waals surface area contributed by atoms with Crippen molar-refractivity contribution < 1.29 is 19.0 Å². The molecule has 232 valence electrons. The second-order valence-corrected chi connectivity index (χ2v) is 11.6. The van der Waals surface area contributed by atoms with Crippen LogP contribution in [0.15, 0.2) is 48.7 Å². The number of hydrogen-bond donors (Lipinski definition) is 2. The number of ether oxygens (including phenoxy) is 3. The van der Waals surface area contributed by atoms with Crippen LogP contribution >= 0.6 is 24.8 Å². The Morgan fingerprint density at radius 2 is 1.69 bits per heavy atom. The maximum absolute atomic E-state index is 12.2. The average Bonchev–Trinajstić information content (AvgIpc) is 2.93. The van der Waals surface area contributed by atoms with E-state index in [2.05, 4.69) is 41.3 Å². The molecule has 0 saturated carbocycles. The summed E-state index contributed by atoms with van der Waals surface area (Å²) in [6.07, 6.45) is 8.77. The summed E-state index contributed by atoms with van der Waals surface area (Å²) < 4.78 is 17.9. The summed E-state index contributed by atoms with van der Waals surface area (Å²) in [5.74, 6) is 2.66. The van der Waals surface area contributed by atoms with Gasteiger partial charge in [-0.1, -0.05) is 27.2 Å². The van der Waals surface area contributed by atoms with Crippen molar-refractivity contribution >= 4 is 47.4 Å². The summed E-state index contributed by atoms with van der Waals surface area (Å²) >= 11 is 0. The van der Waals surface area contributed by atoms with E-state index < -0.39 is 0 Å². The molecule has 0 radical (unpaired) electrons. The van der Waals surface area contributed by atoms with E-state index in [-0.39, 0.29) is 36.3 Å². The lowest BCUT2D eigenvalue weighted by Gasteiger charge is -2.26. The number of fused-ring (bicyclic) bond motifs is 1. The normalized spacial score (nSPS) is 13.4. The lowest BCUT2D eigenvalue weighted by Crippen LogP contribution is -2.31. The number of piperidine rings is 1. The highest BCUT2D eigenvalue weighted by atomic mass is 35.5. The number of rotatable bonds is 12. The third-order valence-corrected chi connectivity index (χ3v) is 7.06. The molecule has 0 aliphatic carbocycles. The van der Waals surface area contributed by atoms with Crippen LogP contribution in [-0.2, 0) is 0 Å². The van der Waals surface area contributed by atoms with Crippen molar-refractivity contribution in [2.45, 2.75) is 59.3 Å². The molecule has 1 aliphatic rings. The number of carbonyl (C=O) groups is 1. The van der Waals surface area contributed by atoms with Gasteiger partial charge in [0, 0.05) is 29.9 Å². The molecule has 2 heterocycles. The summed E-state index contributed by atoms with van der Waals surface area (Å²) in [7, 11) is 1.65. The van der Waals surface area contributed by atoms with Crippen LogP contribution in [0, 0.1) is 5.41 Å². The highest BCUT2D eigenvalue weighted by Gasteiger charge is 2.14. The van der Waals surface area contributed by atoms with E-state index in [1.54, 1.807) is 13.3 Å². The number of anilines is 1. The van der Waals surface area contributed by atoms with Gasteiger partial charge in [0.05, 0.1) is 19.2 Å². The van der Waals surface area contributed by atoms with Crippen LogP contribution in [-0.4, -0.2) is 55.8 Å². The Morgan fingerprint density at radius 3 is 2.38 bits per heavy atom. The molecule has 1 saturated heterocycles. The van der Waals surface area contributed by atoms with Crippen molar-refractivity contribution in [3.8, 4) is 23.0 Å². The maximum Gasteiger partial charge on any atom is 0.319 e. The van der Waals surface area contributed by atoms with Gasteiger partial charge in [-0.3, -0.25) is 4.98 Å². The molecule has 0 unspecified atom stereocenters. The Kier molecular flexibility index (Phi) is 14.5. The van der Waals surface area contributed by atoms with E-state index in [1.807, 2.05) is 42.5 Å². The van der Waals surface area contributed by atoms with Crippen molar-refractivity contribution in [2.75, 3.05) is 45.2 Å². The molecule has 2 N–H and O–H groups in total. The molecule has 2 amide bonds. The zero-order chi connectivity index (χ0) is 28.4. The molecule has 1 fully saturated rings. The standard InChI is InChI=1S/C32H44N4O4.2ClH/c1-32(2,3)15-17-34-31(37)35-24-10-12-25(13-11-24)40-28-14-16-33-27-23-30(29(38-4)22-26(27)28)39-21-9-8-20-36-18-6-5-7-19-36;;/h10-14,16,22-23H,5-9,15,17-21H2,1-4H3,(H2,34,35,37);2*1H. The predicted molar refractivity (Wildman–Crippen MR) is 175 cm³/mol. The van der Waals surface area contributed by atoms with Gasteiger partial charge >= 0.3 is 6.03 Å². The van der Waals surface area contributed by atoms with Crippen molar-refractivity contribution in [1.29, 1.82) is 0 Å². The Bertz CT molecular complexity index is 1250. The van der Waals surface area contributed by atoms with E-state index in [4.69, 9.17) is 14.2 Å². The molecule has 10 heteroatoms. The van der Waals surface area contributed by atoms with E-state index in [1.165, 1.54) is 32.4 Å². The molecule has 0 atom stereocenters. The second-order valence-electron chi connectivity index (χ2n) is 11.6. The van der Waals surface area contributed by atoms with E-state index in [0.29, 0.717) is 41.8 Å². The van der Waals surface area contributed by atoms with Crippen LogP contribution in [0.4, 0.5) is 10.5 Å². The fourth-order valence-corrected chi connectivity index (χ4v) is 4.75. The van der Waals surface area contributed by atoms with Crippen LogP contribution in [0.3, 0.4) is 0 Å². The lowest BCUT2D eigenvalue weighted by atomic mass is 9.92. The van der Waals surface area contributed by atoms with Crippen LogP contribution in [0.2, 0.25) is 0 Å². The molecule has 2 aromatic carbocycles. The number of hydrogen-bond acceptors (Lipinski definition) is 6. The number of carbonyl (C=O) groups excluding carboxylic acids is 1. The van der Waals surface area contributed by atoms with Gasteiger partial charge in [-0.25, -0.2) is 4.79 Å². The highest BCUT2D eigenvalue weighted by molar-refractivity contribution is 5.90. The lowest BCUT2D eigenvalue weighted by molar-refractivity contribution is 0.214. The van der Waals surface area contributed by atoms with Gasteiger partial charge in [-0.2, -0.15) is 0 Å². The number of aromatic nitrogens is 1. The Balaban J connectivity index is 0.00000308. The molecule has 8 nitrogen and oxygen atoms in total. The number of pyridine rings is 1. The van der Waals surface area contributed by atoms with Gasteiger partial charge in [0.25, 0.3) is 0 Å². The summed E-state index contributed by atoms with van der Waals surface area (Å²) in [5, 5.41) is 6.59. The number of halogens is 2. The Morgan fingerprint density at radius 1 is 0.952 bits per heavy atom. The van der Waals surface area contributed by atoms with Crippen LogP contribution < -0.4 is 24.8 Å². The summed E-state index contributed by atoms with van der Waals surface area (Å²) in [6, 6.07) is 12.7. The number of urea groups is 1. The minimum absolute atomic E-state index is 0. The van der Waals surface area contributed by atoms with Gasteiger partial charge in [0.1, 0.15) is 11.5 Å². The van der Waals surface area contributed by atoms with Crippen molar-refractivity contribution in [2.24, 2.45) is 5.41 Å². The maximum atomic E-state index is 12.2. The number of likely N-dealkylation sites (tertiary alicyclic amines) is 1. The van der Waals surface area contributed by atoms with Crippen LogP contribution in [0.1, 0.15) is 59.3 Å². The van der Waals surface area contributed by atoms with E-state index >= 15 is 0 Å². The van der Waals surface area contributed by atoms with E-state index in [0.717, 1.165) is 36.7 Å². The molecule has 1 aliphatic heterocycles. The minimum Gasteiger partial charge on any atom is -0.493 e. The van der Waals surface area contributed by atoms with Gasteiger partial charge in [0.15, 0.2) is 11.5 Å². The molecule has 3 aromatic rings. The first-order chi connectivity index (χ1) is 19.3. The molecule has 0 spiro atoms. The molecule has 42 heavy (non-hydrogen) atoms. The fourth-order valence-electron chi connectivity index (χ4n) is 4.75. The number of unbranched alkanes of at least 4 members (excludes halogenated alkanes) is 1. The molecule has 1 aromatic heterocycles. The number of benzene rings is 2. The summed E-state index contributed by atoms with van der Waals surface area (Å²) in [5.41, 5.74) is 1.64. The highest BCUT2D eigenvalue weighted by Crippen LogP contribution is 2.37. The average molecular weight is 622 g/mol. The Labute approximate surface area is 262 Å². The zero-order valence-corrected chi connectivity index (χ0v) is 26.9. The van der Waals surface area contributed by atoms with Crippen LogP contribution in [0.5, 0.6) is 23.0 Å².